The number of carbonyl (C=O) groups is 1. The first-order valence-corrected chi connectivity index (χ1v) is 7.57. The molecule has 4 nitrogen and oxygen atoms in total. The smallest absolute Gasteiger partial charge is 0.338 e. The minimum Gasteiger partial charge on any atom is -0.456 e. The molecule has 0 radical (unpaired) electrons. The average molecular weight is 331 g/mol. The molecule has 0 aliphatic rings. The van der Waals surface area contributed by atoms with Gasteiger partial charge in [-0.15, -0.1) is 0 Å². The van der Waals surface area contributed by atoms with Gasteiger partial charge in [0.15, 0.2) is 0 Å². The molecule has 0 fully saturated rings. The molecule has 0 aliphatic heterocycles. The van der Waals surface area contributed by atoms with E-state index in [0.29, 0.717) is 10.6 Å². The normalized spacial score (nSPS) is 11.0. The van der Waals surface area contributed by atoms with Crippen molar-refractivity contribution in [1.82, 2.24) is 0 Å². The lowest BCUT2D eigenvalue weighted by Crippen LogP contribution is -2.23. The maximum atomic E-state index is 12.0. The summed E-state index contributed by atoms with van der Waals surface area (Å²) >= 11 is 6.17. The fraction of sp³-hybridized carbons (Fsp3) is 0.222. The van der Waals surface area contributed by atoms with E-state index in [1.807, 2.05) is 26.8 Å². The molecule has 0 atom stereocenters. The highest BCUT2D eigenvalue weighted by atomic mass is 35.5. The van der Waals surface area contributed by atoms with Crippen molar-refractivity contribution >= 4 is 35.2 Å². The Bertz CT molecular complexity index is 719. The van der Waals surface area contributed by atoms with Crippen molar-refractivity contribution in [2.45, 2.75) is 26.4 Å². The maximum absolute atomic E-state index is 12.0. The minimum absolute atomic E-state index is 0.350. The number of anilines is 2. The van der Waals surface area contributed by atoms with E-state index < -0.39 is 5.60 Å². The first kappa shape index (κ1) is 17.0. The summed E-state index contributed by atoms with van der Waals surface area (Å²) in [5.74, 6) is -0.350. The van der Waals surface area contributed by atoms with Gasteiger partial charge in [0.2, 0.25) is 0 Å². The Morgan fingerprint density at radius 1 is 1.17 bits per heavy atom. The number of rotatable bonds is 4. The number of benzene rings is 2. The van der Waals surface area contributed by atoms with Gasteiger partial charge in [0, 0.05) is 11.9 Å². The molecule has 0 aromatic heterocycles. The number of halogens is 1. The molecule has 2 rings (SSSR count). The number of carbonyl (C=O) groups excluding carboxylic acids is 1. The third-order valence-corrected chi connectivity index (χ3v) is 3.27. The van der Waals surface area contributed by atoms with Gasteiger partial charge in [0.1, 0.15) is 5.60 Å². The zero-order valence-corrected chi connectivity index (χ0v) is 14.1. The Balaban J connectivity index is 2.11. The molecule has 2 aromatic carbocycles. The summed E-state index contributed by atoms with van der Waals surface area (Å²) in [7, 11) is 0. The molecular weight excluding hydrogens is 312 g/mol. The van der Waals surface area contributed by atoms with Crippen LogP contribution in [0.15, 0.2) is 42.5 Å². The predicted octanol–water partition coefficient (Wildman–Crippen LogP) is 5.04. The van der Waals surface area contributed by atoms with Crippen molar-refractivity contribution < 1.29 is 9.53 Å². The lowest BCUT2D eigenvalue weighted by atomic mass is 10.1. The van der Waals surface area contributed by atoms with E-state index in [2.05, 4.69) is 5.32 Å². The standard InChI is InChI=1S/C18H19ClN2O2/c1-18(2,3)23-17(22)13-5-7-14(8-6-13)21-16-9-4-12(11-20)10-15(16)19/h4-11,20-21H,1-3H3. The number of nitrogens with one attached hydrogen (secondary N) is 2. The number of esters is 1. The Morgan fingerprint density at radius 2 is 1.83 bits per heavy atom. The van der Waals surface area contributed by atoms with Crippen LogP contribution in [-0.4, -0.2) is 17.8 Å². The van der Waals surface area contributed by atoms with Crippen molar-refractivity contribution in [1.29, 1.82) is 5.41 Å². The molecule has 5 heteroatoms. The summed E-state index contributed by atoms with van der Waals surface area (Å²) < 4.78 is 5.32. The lowest BCUT2D eigenvalue weighted by Gasteiger charge is -2.19. The molecule has 0 amide bonds. The van der Waals surface area contributed by atoms with Gasteiger partial charge < -0.3 is 15.5 Å². The van der Waals surface area contributed by atoms with Crippen LogP contribution in [-0.2, 0) is 4.74 Å². The highest BCUT2D eigenvalue weighted by molar-refractivity contribution is 6.33. The minimum atomic E-state index is -0.516. The third kappa shape index (κ3) is 4.83. The maximum Gasteiger partial charge on any atom is 0.338 e. The fourth-order valence-electron chi connectivity index (χ4n) is 1.90. The summed E-state index contributed by atoms with van der Waals surface area (Å²) in [6, 6.07) is 12.3. The quantitative estimate of drug-likeness (QED) is 0.610. The topological polar surface area (TPSA) is 62.2 Å². The van der Waals surface area contributed by atoms with E-state index >= 15 is 0 Å². The van der Waals surface area contributed by atoms with Crippen LogP contribution < -0.4 is 5.32 Å². The molecule has 0 unspecified atom stereocenters. The van der Waals surface area contributed by atoms with E-state index in [-0.39, 0.29) is 5.97 Å². The molecule has 0 saturated carbocycles. The van der Waals surface area contributed by atoms with Crippen molar-refractivity contribution in [3.8, 4) is 0 Å². The first-order valence-electron chi connectivity index (χ1n) is 7.19. The van der Waals surface area contributed by atoms with Gasteiger partial charge in [0.25, 0.3) is 0 Å². The van der Waals surface area contributed by atoms with Crippen LogP contribution in [0, 0.1) is 5.41 Å². The second-order valence-corrected chi connectivity index (χ2v) is 6.50. The molecule has 0 spiro atoms. The molecule has 120 valence electrons. The Labute approximate surface area is 140 Å². The van der Waals surface area contributed by atoms with E-state index in [1.54, 1.807) is 36.4 Å². The molecule has 0 aliphatic carbocycles. The second kappa shape index (κ2) is 6.84. The number of hydrogen-bond donors (Lipinski definition) is 2. The van der Waals surface area contributed by atoms with Gasteiger partial charge in [-0.1, -0.05) is 17.7 Å². The van der Waals surface area contributed by atoms with Gasteiger partial charge >= 0.3 is 5.97 Å². The molecule has 2 N–H and O–H groups in total. The number of ether oxygens (including phenoxy) is 1. The zero-order valence-electron chi connectivity index (χ0n) is 13.3. The Kier molecular flexibility index (Phi) is 5.06. The van der Waals surface area contributed by atoms with E-state index in [9.17, 15) is 4.79 Å². The SMILES string of the molecule is CC(C)(C)OC(=O)c1ccc(Nc2ccc(C=N)cc2Cl)cc1. The van der Waals surface area contributed by atoms with E-state index in [0.717, 1.165) is 16.9 Å². The highest BCUT2D eigenvalue weighted by Gasteiger charge is 2.17. The highest BCUT2D eigenvalue weighted by Crippen LogP contribution is 2.26. The van der Waals surface area contributed by atoms with Gasteiger partial charge in [-0.25, -0.2) is 4.79 Å². The van der Waals surface area contributed by atoms with Crippen LogP contribution in [0.4, 0.5) is 11.4 Å². The third-order valence-electron chi connectivity index (χ3n) is 2.96. The monoisotopic (exact) mass is 330 g/mol. The van der Waals surface area contributed by atoms with Crippen molar-refractivity contribution in [2.24, 2.45) is 0 Å². The van der Waals surface area contributed by atoms with Crippen molar-refractivity contribution in [3.63, 3.8) is 0 Å². The Morgan fingerprint density at radius 3 is 2.35 bits per heavy atom. The molecular formula is C18H19ClN2O2. The largest absolute Gasteiger partial charge is 0.456 e. The predicted molar refractivity (Wildman–Crippen MR) is 94.2 cm³/mol. The summed E-state index contributed by atoms with van der Waals surface area (Å²) in [4.78, 5) is 12.0. The Hall–Kier alpha value is -2.33. The first-order chi connectivity index (χ1) is 10.8. The van der Waals surface area contributed by atoms with Crippen LogP contribution in [0.1, 0.15) is 36.7 Å². The number of hydrogen-bond acceptors (Lipinski definition) is 4. The van der Waals surface area contributed by atoms with Crippen LogP contribution in [0.5, 0.6) is 0 Å². The summed E-state index contributed by atoms with van der Waals surface area (Å²) in [6.07, 6.45) is 1.24. The van der Waals surface area contributed by atoms with Crippen LogP contribution in [0.2, 0.25) is 5.02 Å². The van der Waals surface area contributed by atoms with Gasteiger partial charge in [0.05, 0.1) is 16.3 Å². The molecule has 2 aromatic rings. The van der Waals surface area contributed by atoms with E-state index in [1.165, 1.54) is 6.21 Å². The van der Waals surface area contributed by atoms with Gasteiger partial charge in [-0.2, -0.15) is 0 Å². The summed E-state index contributed by atoms with van der Waals surface area (Å²) in [5, 5.41) is 10.9. The van der Waals surface area contributed by atoms with E-state index in [4.69, 9.17) is 21.7 Å². The van der Waals surface area contributed by atoms with Crippen LogP contribution >= 0.6 is 11.6 Å². The molecule has 0 saturated heterocycles. The average Bonchev–Trinajstić information content (AvgIpc) is 2.48. The molecule has 0 heterocycles. The lowest BCUT2D eigenvalue weighted by molar-refractivity contribution is 0.00696. The second-order valence-electron chi connectivity index (χ2n) is 6.09. The van der Waals surface area contributed by atoms with Gasteiger partial charge in [-0.3, -0.25) is 0 Å². The van der Waals surface area contributed by atoms with Crippen molar-refractivity contribution in [2.75, 3.05) is 5.32 Å². The van der Waals surface area contributed by atoms with Crippen molar-refractivity contribution in [3.05, 3.63) is 58.6 Å². The van der Waals surface area contributed by atoms with Crippen LogP contribution in [0.25, 0.3) is 0 Å². The fourth-order valence-corrected chi connectivity index (χ4v) is 2.14. The molecule has 23 heavy (non-hydrogen) atoms. The summed E-state index contributed by atoms with van der Waals surface area (Å²) in [6.45, 7) is 5.50. The van der Waals surface area contributed by atoms with Crippen LogP contribution in [0.3, 0.4) is 0 Å². The van der Waals surface area contributed by atoms with Gasteiger partial charge in [-0.05, 0) is 62.7 Å². The molecule has 0 bridgehead atoms. The zero-order chi connectivity index (χ0) is 17.0. The summed E-state index contributed by atoms with van der Waals surface area (Å²) in [5.41, 5.74) is 2.26.